The van der Waals surface area contributed by atoms with E-state index in [0.29, 0.717) is 16.7 Å². The van der Waals surface area contributed by atoms with Crippen LogP contribution in [0.1, 0.15) is 11.0 Å². The molecule has 0 atom stereocenters. The van der Waals surface area contributed by atoms with E-state index >= 15 is 0 Å². The zero-order valence-corrected chi connectivity index (χ0v) is 30.2. The maximum absolute atomic E-state index is 9.31. The molecule has 0 radical (unpaired) electrons. The minimum Gasteiger partial charge on any atom is -0.456 e. The molecule has 0 fully saturated rings. The van der Waals surface area contributed by atoms with Crippen LogP contribution in [0, 0.1) is 0 Å². The minimum atomic E-state index is -0.512. The maximum atomic E-state index is 9.31. The molecule has 0 saturated carbocycles. The monoisotopic (exact) mass is 738 g/mol. The van der Waals surface area contributed by atoms with Gasteiger partial charge in [-0.2, -0.15) is 0 Å². The van der Waals surface area contributed by atoms with Crippen LogP contribution in [-0.2, 0) is 0 Å². The van der Waals surface area contributed by atoms with Gasteiger partial charge >= 0.3 is 0 Å². The van der Waals surface area contributed by atoms with Crippen molar-refractivity contribution in [3.63, 3.8) is 0 Å². The summed E-state index contributed by atoms with van der Waals surface area (Å²) in [6, 6.07) is 49.4. The first-order chi connectivity index (χ1) is 31.5. The first kappa shape index (κ1) is 25.4. The molecule has 2 aromatic heterocycles. The standard InChI is InChI=1S/C53H34N2O2/c1-3-11-35(12-4-1)36-23-27-44(28-24-36)55(43-15-5-2-6-16-43)45-29-25-38(26-30-45)46-32-42(34-51-52(46)47-31-40-13-7-8-14-41(40)33-50(47)56-51)37-19-21-39(22-20-37)53-54-48-17-9-10-18-49(48)57-53/h1-34H/i9D,10D,17D,18D,19D,20D,21D,22D. The van der Waals surface area contributed by atoms with E-state index < -0.39 is 36.3 Å². The molecule has 0 N–H and O–H groups in total. The Bertz CT molecular complexity index is 3610. The topological polar surface area (TPSA) is 42.4 Å². The number of hydrogen-bond donors (Lipinski definition) is 0. The summed E-state index contributed by atoms with van der Waals surface area (Å²) in [5, 5.41) is 3.75. The van der Waals surface area contributed by atoms with Gasteiger partial charge in [-0.3, -0.25) is 0 Å². The number of oxazole rings is 1. The van der Waals surface area contributed by atoms with Crippen molar-refractivity contribution in [3.8, 4) is 44.8 Å². The molecule has 4 nitrogen and oxygen atoms in total. The van der Waals surface area contributed by atoms with Crippen molar-refractivity contribution in [1.82, 2.24) is 4.98 Å². The fourth-order valence-corrected chi connectivity index (χ4v) is 7.55. The summed E-state index contributed by atoms with van der Waals surface area (Å²) in [6.07, 6.45) is 0. The first-order valence-electron chi connectivity index (χ1n) is 22.5. The van der Waals surface area contributed by atoms with Gasteiger partial charge < -0.3 is 13.7 Å². The molecule has 0 aliphatic carbocycles. The molecule has 9 aromatic carbocycles. The SMILES string of the molecule is [2H]c1c([2H])c(-c2nc3c([2H])c([2H])c([2H])c([2H])c3o2)c([2H])c([2H])c1-c1cc(-c2ccc(N(c3ccccc3)c3ccc(-c4ccccc4)cc3)cc2)c2c(c1)oc1cc3ccccc3cc12. The second-order valence-corrected chi connectivity index (χ2v) is 13.8. The molecule has 0 aliphatic heterocycles. The molecule has 2 heterocycles. The van der Waals surface area contributed by atoms with Crippen molar-refractivity contribution in [1.29, 1.82) is 0 Å². The zero-order valence-electron chi connectivity index (χ0n) is 38.2. The smallest absolute Gasteiger partial charge is 0.227 e. The van der Waals surface area contributed by atoms with E-state index in [0.717, 1.165) is 60.9 Å². The van der Waals surface area contributed by atoms with Crippen LogP contribution >= 0.6 is 0 Å². The molecular formula is C53H34N2O2. The van der Waals surface area contributed by atoms with E-state index in [-0.39, 0.29) is 40.2 Å². The number of nitrogens with zero attached hydrogens (tertiary/aromatic N) is 2. The molecule has 11 rings (SSSR count). The third kappa shape index (κ3) is 5.92. The van der Waals surface area contributed by atoms with Crippen LogP contribution in [0.4, 0.5) is 17.1 Å². The van der Waals surface area contributed by atoms with E-state index in [1.807, 2.05) is 78.9 Å². The number of para-hydroxylation sites is 3. The highest BCUT2D eigenvalue weighted by atomic mass is 16.3. The first-order valence-corrected chi connectivity index (χ1v) is 18.5. The molecule has 57 heavy (non-hydrogen) atoms. The second-order valence-electron chi connectivity index (χ2n) is 13.8. The lowest BCUT2D eigenvalue weighted by atomic mass is 9.93. The third-order valence-electron chi connectivity index (χ3n) is 10.3. The highest BCUT2D eigenvalue weighted by Gasteiger charge is 2.18. The van der Waals surface area contributed by atoms with E-state index in [4.69, 9.17) is 17.1 Å². The lowest BCUT2D eigenvalue weighted by Gasteiger charge is -2.26. The van der Waals surface area contributed by atoms with Gasteiger partial charge in [0.2, 0.25) is 5.89 Å². The highest BCUT2D eigenvalue weighted by Crippen LogP contribution is 2.43. The molecule has 0 bridgehead atoms. The number of aromatic nitrogens is 1. The van der Waals surface area contributed by atoms with E-state index in [1.54, 1.807) is 6.07 Å². The van der Waals surface area contributed by atoms with Gasteiger partial charge in [-0.1, -0.05) is 121 Å². The molecular weight excluding hydrogens is 697 g/mol. The second kappa shape index (κ2) is 13.6. The summed E-state index contributed by atoms with van der Waals surface area (Å²) in [5.74, 6) is -0.340. The van der Waals surface area contributed by atoms with Crippen LogP contribution in [-0.4, -0.2) is 4.98 Å². The summed E-state index contributed by atoms with van der Waals surface area (Å²) in [7, 11) is 0. The van der Waals surface area contributed by atoms with Gasteiger partial charge in [-0.15, -0.1) is 0 Å². The number of furan rings is 1. The quantitative estimate of drug-likeness (QED) is 0.163. The average Bonchev–Trinajstić information content (AvgIpc) is 3.94. The number of hydrogen-bond acceptors (Lipinski definition) is 4. The molecule has 0 unspecified atom stereocenters. The van der Waals surface area contributed by atoms with Gasteiger partial charge in [0, 0.05) is 33.4 Å². The fraction of sp³-hybridized carbons (Fsp3) is 0. The Kier molecular flexibility index (Phi) is 6.04. The van der Waals surface area contributed by atoms with Gasteiger partial charge in [0.1, 0.15) is 16.7 Å². The third-order valence-corrected chi connectivity index (χ3v) is 10.3. The minimum absolute atomic E-state index is 0.0312. The van der Waals surface area contributed by atoms with Gasteiger partial charge in [0.05, 0.1) is 11.0 Å². The van der Waals surface area contributed by atoms with Crippen LogP contribution < -0.4 is 4.90 Å². The Morgan fingerprint density at radius 2 is 1.02 bits per heavy atom. The fourth-order valence-electron chi connectivity index (χ4n) is 7.55. The molecule has 0 amide bonds. The molecule has 268 valence electrons. The van der Waals surface area contributed by atoms with Gasteiger partial charge in [-0.05, 0) is 129 Å². The normalized spacial score (nSPS) is 13.5. The average molecular weight is 739 g/mol. The van der Waals surface area contributed by atoms with Crippen molar-refractivity contribution in [2.75, 3.05) is 4.90 Å². The molecule has 0 saturated heterocycles. The molecule has 4 heteroatoms. The summed E-state index contributed by atoms with van der Waals surface area (Å²) in [5.41, 5.74) is 7.64. The predicted molar refractivity (Wildman–Crippen MR) is 235 cm³/mol. The Balaban J connectivity index is 1.08. The van der Waals surface area contributed by atoms with Crippen molar-refractivity contribution in [2.24, 2.45) is 0 Å². The zero-order chi connectivity index (χ0) is 44.7. The summed E-state index contributed by atoms with van der Waals surface area (Å²) >= 11 is 0. The van der Waals surface area contributed by atoms with Crippen LogP contribution in [0.2, 0.25) is 0 Å². The maximum Gasteiger partial charge on any atom is 0.227 e. The van der Waals surface area contributed by atoms with Crippen molar-refractivity contribution < 1.29 is 19.8 Å². The van der Waals surface area contributed by atoms with Crippen LogP contribution in [0.3, 0.4) is 0 Å². The van der Waals surface area contributed by atoms with Gasteiger partial charge in [0.15, 0.2) is 5.58 Å². The Morgan fingerprint density at radius 3 is 1.75 bits per heavy atom. The van der Waals surface area contributed by atoms with Crippen molar-refractivity contribution in [2.45, 2.75) is 0 Å². The van der Waals surface area contributed by atoms with Crippen LogP contribution in [0.15, 0.2) is 215 Å². The largest absolute Gasteiger partial charge is 0.456 e. The number of rotatable bonds is 7. The van der Waals surface area contributed by atoms with Crippen LogP contribution in [0.5, 0.6) is 0 Å². The number of anilines is 3. The highest BCUT2D eigenvalue weighted by molar-refractivity contribution is 6.16. The lowest BCUT2D eigenvalue weighted by Crippen LogP contribution is -2.09. The van der Waals surface area contributed by atoms with Gasteiger partial charge in [-0.25, -0.2) is 4.98 Å². The Labute approximate surface area is 340 Å². The van der Waals surface area contributed by atoms with Crippen molar-refractivity contribution in [3.05, 3.63) is 206 Å². The van der Waals surface area contributed by atoms with Crippen molar-refractivity contribution >= 4 is 60.9 Å². The van der Waals surface area contributed by atoms with E-state index in [2.05, 4.69) is 82.7 Å². The van der Waals surface area contributed by atoms with Gasteiger partial charge in [0.25, 0.3) is 0 Å². The van der Waals surface area contributed by atoms with Crippen LogP contribution in [0.25, 0.3) is 88.6 Å². The van der Waals surface area contributed by atoms with E-state index in [1.165, 1.54) is 0 Å². The van der Waals surface area contributed by atoms with E-state index in [9.17, 15) is 2.74 Å². The molecule has 11 aromatic rings. The Hall–Kier alpha value is -7.69. The lowest BCUT2D eigenvalue weighted by molar-refractivity contribution is 0.620. The summed E-state index contributed by atoms with van der Waals surface area (Å²) < 4.78 is 82.1. The summed E-state index contributed by atoms with van der Waals surface area (Å²) in [6.45, 7) is 0. The Morgan fingerprint density at radius 1 is 0.421 bits per heavy atom. The number of benzene rings is 9. The number of fused-ring (bicyclic) bond motifs is 5. The molecule has 0 aliphatic rings. The summed E-state index contributed by atoms with van der Waals surface area (Å²) in [4.78, 5) is 6.46. The predicted octanol–water partition coefficient (Wildman–Crippen LogP) is 15.0. The molecule has 0 spiro atoms.